The summed E-state index contributed by atoms with van der Waals surface area (Å²) in [5, 5.41) is 3.26. The molecule has 108 valence electrons. The molecule has 2 aliphatic rings. The zero-order chi connectivity index (χ0) is 14.5. The van der Waals surface area contributed by atoms with Crippen LogP contribution in [0.4, 0.5) is 5.69 Å². The van der Waals surface area contributed by atoms with Crippen molar-refractivity contribution in [1.82, 2.24) is 10.3 Å². The zero-order valence-corrected chi connectivity index (χ0v) is 12.6. The van der Waals surface area contributed by atoms with E-state index in [-0.39, 0.29) is 11.2 Å². The van der Waals surface area contributed by atoms with Gasteiger partial charge in [0.1, 0.15) is 0 Å². The summed E-state index contributed by atoms with van der Waals surface area (Å²) in [6.45, 7) is 10.1. The lowest BCUT2D eigenvalue weighted by atomic mass is 9.81. The predicted molar refractivity (Wildman–Crippen MR) is 80.0 cm³/mol. The van der Waals surface area contributed by atoms with E-state index in [9.17, 15) is 0 Å². The van der Waals surface area contributed by atoms with E-state index < -0.39 is 7.12 Å². The number of pyridine rings is 1. The maximum absolute atomic E-state index is 6.04. The fourth-order valence-electron chi connectivity index (χ4n) is 2.45. The number of hydrogen-bond acceptors (Lipinski definition) is 5. The summed E-state index contributed by atoms with van der Waals surface area (Å²) < 4.78 is 12.1. The van der Waals surface area contributed by atoms with Crippen molar-refractivity contribution in [2.75, 3.05) is 18.8 Å². The van der Waals surface area contributed by atoms with Crippen LogP contribution in [0.3, 0.4) is 0 Å². The normalized spacial score (nSPS) is 24.7. The topological polar surface area (TPSA) is 69.4 Å². The van der Waals surface area contributed by atoms with Gasteiger partial charge in [-0.15, -0.1) is 0 Å². The maximum atomic E-state index is 6.04. The van der Waals surface area contributed by atoms with Crippen molar-refractivity contribution in [2.45, 2.75) is 44.8 Å². The average Bonchev–Trinajstić information content (AvgIpc) is 2.49. The Hall–Kier alpha value is -1.11. The van der Waals surface area contributed by atoms with Crippen LogP contribution in [-0.2, 0) is 9.31 Å². The Morgan fingerprint density at radius 1 is 1.25 bits per heavy atom. The first-order chi connectivity index (χ1) is 9.30. The third kappa shape index (κ3) is 2.12. The molecule has 0 amide bonds. The van der Waals surface area contributed by atoms with Crippen molar-refractivity contribution < 1.29 is 9.31 Å². The zero-order valence-electron chi connectivity index (χ0n) is 12.6. The molecule has 1 aromatic rings. The molecular formula is C14H22BN3O2. The lowest BCUT2D eigenvalue weighted by Crippen LogP contribution is -2.42. The van der Waals surface area contributed by atoms with Gasteiger partial charge in [-0.05, 0) is 39.3 Å². The van der Waals surface area contributed by atoms with Crippen LogP contribution < -0.4 is 16.6 Å². The molecule has 0 saturated carbocycles. The van der Waals surface area contributed by atoms with Gasteiger partial charge in [0.2, 0.25) is 0 Å². The quantitative estimate of drug-likeness (QED) is 0.776. The van der Waals surface area contributed by atoms with Gasteiger partial charge in [0.05, 0.1) is 22.5 Å². The van der Waals surface area contributed by atoms with E-state index >= 15 is 0 Å². The highest BCUT2D eigenvalue weighted by Gasteiger charge is 2.52. The van der Waals surface area contributed by atoms with Crippen molar-refractivity contribution in [3.8, 4) is 0 Å². The fourth-order valence-corrected chi connectivity index (χ4v) is 2.45. The first-order valence-electron chi connectivity index (χ1n) is 7.12. The monoisotopic (exact) mass is 275 g/mol. The van der Waals surface area contributed by atoms with Gasteiger partial charge in [0, 0.05) is 25.2 Å². The smallest absolute Gasteiger partial charge is 0.398 e. The summed E-state index contributed by atoms with van der Waals surface area (Å²) in [4.78, 5) is 4.40. The summed E-state index contributed by atoms with van der Waals surface area (Å²) in [7, 11) is -0.424. The lowest BCUT2D eigenvalue weighted by molar-refractivity contribution is 0.00578. The van der Waals surface area contributed by atoms with Gasteiger partial charge >= 0.3 is 7.12 Å². The SMILES string of the molecule is CC1(C)OB(c2cc(C3CNC3)c(N)cn2)OC1(C)C. The molecule has 3 N–H and O–H groups in total. The number of anilines is 1. The van der Waals surface area contributed by atoms with E-state index in [1.54, 1.807) is 6.20 Å². The molecular weight excluding hydrogens is 253 g/mol. The Bertz CT molecular complexity index is 513. The Morgan fingerprint density at radius 3 is 2.35 bits per heavy atom. The van der Waals surface area contributed by atoms with Gasteiger partial charge < -0.3 is 20.4 Å². The highest BCUT2D eigenvalue weighted by atomic mass is 16.7. The number of nitrogens with two attached hydrogens (primary N) is 1. The molecule has 0 unspecified atom stereocenters. The van der Waals surface area contributed by atoms with Crippen molar-refractivity contribution in [3.05, 3.63) is 17.8 Å². The van der Waals surface area contributed by atoms with Gasteiger partial charge in [-0.25, -0.2) is 0 Å². The van der Waals surface area contributed by atoms with E-state index in [0.29, 0.717) is 5.92 Å². The summed E-state index contributed by atoms with van der Waals surface area (Å²) in [5.41, 5.74) is 8.03. The average molecular weight is 275 g/mol. The van der Waals surface area contributed by atoms with Crippen molar-refractivity contribution in [3.63, 3.8) is 0 Å². The number of rotatable bonds is 2. The Kier molecular flexibility index (Phi) is 3.08. The second-order valence-electron chi connectivity index (χ2n) is 6.68. The van der Waals surface area contributed by atoms with Crippen LogP contribution in [0.15, 0.2) is 12.3 Å². The first kappa shape index (κ1) is 13.9. The summed E-state index contributed by atoms with van der Waals surface area (Å²) in [6.07, 6.45) is 1.72. The summed E-state index contributed by atoms with van der Waals surface area (Å²) in [6, 6.07) is 2.03. The molecule has 20 heavy (non-hydrogen) atoms. The Labute approximate surface area is 120 Å². The summed E-state index contributed by atoms with van der Waals surface area (Å²) in [5.74, 6) is 0.471. The molecule has 2 aliphatic heterocycles. The van der Waals surface area contributed by atoms with Crippen LogP contribution >= 0.6 is 0 Å². The minimum Gasteiger partial charge on any atom is -0.398 e. The molecule has 3 rings (SSSR count). The molecule has 0 aromatic carbocycles. The van der Waals surface area contributed by atoms with Crippen LogP contribution in [0.5, 0.6) is 0 Å². The van der Waals surface area contributed by atoms with E-state index in [1.807, 2.05) is 33.8 Å². The van der Waals surface area contributed by atoms with E-state index in [4.69, 9.17) is 15.0 Å². The van der Waals surface area contributed by atoms with Crippen LogP contribution in [0.1, 0.15) is 39.2 Å². The highest BCUT2D eigenvalue weighted by molar-refractivity contribution is 6.61. The van der Waals surface area contributed by atoms with E-state index in [2.05, 4.69) is 10.3 Å². The maximum Gasteiger partial charge on any atom is 0.514 e. The first-order valence-corrected chi connectivity index (χ1v) is 7.12. The second-order valence-corrected chi connectivity index (χ2v) is 6.68. The standard InChI is InChI=1S/C14H22BN3O2/c1-13(2)14(3,4)20-15(19-13)12-5-10(9-6-17-7-9)11(16)8-18-12/h5,8-9,17H,6-7,16H2,1-4H3. The molecule has 2 saturated heterocycles. The molecule has 0 radical (unpaired) electrons. The van der Waals surface area contributed by atoms with Crippen molar-refractivity contribution in [2.24, 2.45) is 0 Å². The van der Waals surface area contributed by atoms with Gasteiger partial charge in [-0.3, -0.25) is 4.98 Å². The largest absolute Gasteiger partial charge is 0.514 e. The van der Waals surface area contributed by atoms with Crippen molar-refractivity contribution >= 4 is 18.4 Å². The van der Waals surface area contributed by atoms with Gasteiger partial charge in [0.15, 0.2) is 0 Å². The summed E-state index contributed by atoms with van der Waals surface area (Å²) >= 11 is 0. The molecule has 5 nitrogen and oxygen atoms in total. The molecule has 3 heterocycles. The number of nitrogens with zero attached hydrogens (tertiary/aromatic N) is 1. The Balaban J connectivity index is 1.88. The fraction of sp³-hybridized carbons (Fsp3) is 0.643. The predicted octanol–water partition coefficient (Wildman–Crippen LogP) is 0.650. The van der Waals surface area contributed by atoms with Crippen LogP contribution in [-0.4, -0.2) is 36.4 Å². The van der Waals surface area contributed by atoms with E-state index in [1.165, 1.54) is 0 Å². The minimum absolute atomic E-state index is 0.348. The van der Waals surface area contributed by atoms with Crippen LogP contribution in [0, 0.1) is 0 Å². The molecule has 0 bridgehead atoms. The van der Waals surface area contributed by atoms with Gasteiger partial charge in [0.25, 0.3) is 0 Å². The highest BCUT2D eigenvalue weighted by Crippen LogP contribution is 2.36. The Morgan fingerprint density at radius 2 is 1.85 bits per heavy atom. The number of hydrogen-bond donors (Lipinski definition) is 2. The molecule has 0 spiro atoms. The van der Waals surface area contributed by atoms with Gasteiger partial charge in [-0.2, -0.15) is 0 Å². The molecule has 1 aromatic heterocycles. The molecule has 6 heteroatoms. The number of nitrogens with one attached hydrogen (secondary N) is 1. The van der Waals surface area contributed by atoms with Gasteiger partial charge in [-0.1, -0.05) is 0 Å². The van der Waals surface area contributed by atoms with Crippen LogP contribution in [0.25, 0.3) is 0 Å². The minimum atomic E-state index is -0.424. The second kappa shape index (κ2) is 4.45. The number of nitrogen functional groups attached to an aromatic ring is 1. The third-order valence-corrected chi connectivity index (χ3v) is 4.71. The number of aromatic nitrogens is 1. The van der Waals surface area contributed by atoms with Crippen LogP contribution in [0.2, 0.25) is 0 Å². The third-order valence-electron chi connectivity index (χ3n) is 4.71. The lowest BCUT2D eigenvalue weighted by Gasteiger charge is -2.32. The van der Waals surface area contributed by atoms with Crippen molar-refractivity contribution in [1.29, 1.82) is 0 Å². The molecule has 0 atom stereocenters. The molecule has 0 aliphatic carbocycles. The van der Waals surface area contributed by atoms with E-state index in [0.717, 1.165) is 29.9 Å². The molecule has 2 fully saturated rings.